The molecule has 0 saturated carbocycles. The first-order valence-corrected chi connectivity index (χ1v) is 9.76. The molecule has 144 valence electrons. The van der Waals surface area contributed by atoms with Crippen LogP contribution in [0.1, 0.15) is 34.9 Å². The fourth-order valence-corrected chi connectivity index (χ4v) is 4.03. The van der Waals surface area contributed by atoms with Gasteiger partial charge >= 0.3 is 0 Å². The second-order valence-corrected chi connectivity index (χ2v) is 7.61. The standard InChI is InChI=1S/C21H23N5O2/c27-20-9-19(16-6-8-28-13-16)23-21(24-20)15-3-1-14(2-4-15)11-26-7-5-18-17(12-26)10-22-25-18/h1-4,9-10,16H,5-8,11-13H2,(H,22,25)(H,23,24,27). The molecule has 1 atom stereocenters. The van der Waals surface area contributed by atoms with Crippen molar-refractivity contribution in [2.75, 3.05) is 19.8 Å². The van der Waals surface area contributed by atoms with Crippen molar-refractivity contribution < 1.29 is 4.74 Å². The van der Waals surface area contributed by atoms with E-state index in [2.05, 4.69) is 32.2 Å². The quantitative estimate of drug-likeness (QED) is 0.728. The maximum Gasteiger partial charge on any atom is 0.251 e. The summed E-state index contributed by atoms with van der Waals surface area (Å²) in [6, 6.07) is 9.90. The molecule has 1 saturated heterocycles. The molecule has 1 aromatic carbocycles. The molecule has 2 aromatic heterocycles. The predicted octanol–water partition coefficient (Wildman–Crippen LogP) is 2.22. The van der Waals surface area contributed by atoms with E-state index in [-0.39, 0.29) is 11.5 Å². The number of hydrogen-bond acceptors (Lipinski definition) is 5. The number of rotatable bonds is 4. The lowest BCUT2D eigenvalue weighted by atomic mass is 10.0. The minimum absolute atomic E-state index is 0.111. The molecule has 1 fully saturated rings. The Balaban J connectivity index is 1.32. The zero-order valence-electron chi connectivity index (χ0n) is 15.6. The third kappa shape index (κ3) is 3.50. The lowest BCUT2D eigenvalue weighted by Crippen LogP contribution is -2.29. The van der Waals surface area contributed by atoms with Gasteiger partial charge in [-0.1, -0.05) is 24.3 Å². The van der Waals surface area contributed by atoms with Gasteiger partial charge in [0, 0.05) is 61.5 Å². The van der Waals surface area contributed by atoms with Gasteiger partial charge in [0.15, 0.2) is 0 Å². The molecule has 5 rings (SSSR count). The first kappa shape index (κ1) is 17.3. The van der Waals surface area contributed by atoms with Gasteiger partial charge in [-0.25, -0.2) is 4.98 Å². The average molecular weight is 377 g/mol. The van der Waals surface area contributed by atoms with Crippen LogP contribution in [0.4, 0.5) is 0 Å². The summed E-state index contributed by atoms with van der Waals surface area (Å²) in [7, 11) is 0. The van der Waals surface area contributed by atoms with Crippen molar-refractivity contribution in [2.24, 2.45) is 0 Å². The number of ether oxygens (including phenoxy) is 1. The maximum atomic E-state index is 12.1. The zero-order chi connectivity index (χ0) is 18.9. The van der Waals surface area contributed by atoms with Gasteiger partial charge in [-0.15, -0.1) is 0 Å². The van der Waals surface area contributed by atoms with Crippen LogP contribution >= 0.6 is 0 Å². The molecule has 28 heavy (non-hydrogen) atoms. The highest BCUT2D eigenvalue weighted by atomic mass is 16.5. The Morgan fingerprint density at radius 3 is 2.96 bits per heavy atom. The molecule has 7 nitrogen and oxygen atoms in total. The molecule has 2 aliphatic rings. The van der Waals surface area contributed by atoms with Crippen molar-refractivity contribution >= 4 is 0 Å². The molecule has 7 heteroatoms. The third-order valence-corrected chi connectivity index (χ3v) is 5.62. The molecule has 0 radical (unpaired) electrons. The Morgan fingerprint density at radius 1 is 1.25 bits per heavy atom. The van der Waals surface area contributed by atoms with Crippen LogP contribution in [0.25, 0.3) is 11.4 Å². The van der Waals surface area contributed by atoms with E-state index in [0.29, 0.717) is 12.4 Å². The van der Waals surface area contributed by atoms with Crippen LogP contribution in [-0.4, -0.2) is 44.8 Å². The molecular formula is C21H23N5O2. The number of nitrogens with one attached hydrogen (secondary N) is 2. The van der Waals surface area contributed by atoms with E-state index < -0.39 is 0 Å². The SMILES string of the molecule is O=c1cc(C2CCOC2)nc(-c2ccc(CN3CCc4[nH]ncc4C3)cc2)[nH]1. The molecule has 2 aliphatic heterocycles. The predicted molar refractivity (Wildman–Crippen MR) is 105 cm³/mol. The summed E-state index contributed by atoms with van der Waals surface area (Å²) in [5.41, 5.74) is 5.44. The molecule has 0 amide bonds. The van der Waals surface area contributed by atoms with E-state index in [9.17, 15) is 4.79 Å². The fraction of sp³-hybridized carbons (Fsp3) is 0.381. The summed E-state index contributed by atoms with van der Waals surface area (Å²) in [4.78, 5) is 22.1. The number of fused-ring (bicyclic) bond motifs is 1. The van der Waals surface area contributed by atoms with E-state index in [1.807, 2.05) is 18.3 Å². The normalized spacial score (nSPS) is 19.6. The van der Waals surface area contributed by atoms with Gasteiger partial charge in [-0.2, -0.15) is 5.10 Å². The van der Waals surface area contributed by atoms with Gasteiger partial charge in [0.25, 0.3) is 5.56 Å². The van der Waals surface area contributed by atoms with Crippen LogP contribution in [0.3, 0.4) is 0 Å². The topological polar surface area (TPSA) is 86.9 Å². The van der Waals surface area contributed by atoms with Crippen molar-refractivity contribution in [3.8, 4) is 11.4 Å². The number of nitrogens with zero attached hydrogens (tertiary/aromatic N) is 3. The summed E-state index contributed by atoms with van der Waals surface area (Å²) < 4.78 is 5.44. The maximum absolute atomic E-state index is 12.1. The Labute approximate surface area is 162 Å². The molecule has 0 bridgehead atoms. The van der Waals surface area contributed by atoms with Gasteiger partial charge in [-0.05, 0) is 12.0 Å². The van der Waals surface area contributed by atoms with E-state index >= 15 is 0 Å². The summed E-state index contributed by atoms with van der Waals surface area (Å²) >= 11 is 0. The van der Waals surface area contributed by atoms with Crippen molar-refractivity contribution in [1.82, 2.24) is 25.1 Å². The van der Waals surface area contributed by atoms with E-state index in [1.165, 1.54) is 16.8 Å². The Bertz CT molecular complexity index is 1020. The highest BCUT2D eigenvalue weighted by Gasteiger charge is 2.21. The minimum atomic E-state index is -0.111. The number of aromatic amines is 2. The average Bonchev–Trinajstić information content (AvgIpc) is 3.40. The lowest BCUT2D eigenvalue weighted by molar-refractivity contribution is 0.193. The lowest BCUT2D eigenvalue weighted by Gasteiger charge is -2.26. The van der Waals surface area contributed by atoms with Crippen LogP contribution in [0.5, 0.6) is 0 Å². The molecule has 3 aromatic rings. The van der Waals surface area contributed by atoms with Crippen LogP contribution < -0.4 is 5.56 Å². The molecule has 0 spiro atoms. The molecule has 4 heterocycles. The third-order valence-electron chi connectivity index (χ3n) is 5.62. The monoisotopic (exact) mass is 377 g/mol. The van der Waals surface area contributed by atoms with Gasteiger partial charge < -0.3 is 9.72 Å². The van der Waals surface area contributed by atoms with Crippen molar-refractivity contribution in [2.45, 2.75) is 31.8 Å². The van der Waals surface area contributed by atoms with Crippen molar-refractivity contribution in [1.29, 1.82) is 0 Å². The fourth-order valence-electron chi connectivity index (χ4n) is 4.03. The number of H-pyrrole nitrogens is 2. The molecule has 0 aliphatic carbocycles. The Morgan fingerprint density at radius 2 is 2.14 bits per heavy atom. The first-order chi connectivity index (χ1) is 13.7. The number of hydrogen-bond donors (Lipinski definition) is 2. The molecular weight excluding hydrogens is 354 g/mol. The van der Waals surface area contributed by atoms with Crippen molar-refractivity contribution in [3.05, 3.63) is 69.4 Å². The van der Waals surface area contributed by atoms with Gasteiger partial charge in [0.05, 0.1) is 18.5 Å². The van der Waals surface area contributed by atoms with Crippen LogP contribution in [-0.2, 0) is 24.2 Å². The highest BCUT2D eigenvalue weighted by Crippen LogP contribution is 2.25. The number of aromatic nitrogens is 4. The second-order valence-electron chi connectivity index (χ2n) is 7.61. The highest BCUT2D eigenvalue weighted by molar-refractivity contribution is 5.55. The molecule has 1 unspecified atom stereocenters. The molecule has 2 N–H and O–H groups in total. The van der Waals surface area contributed by atoms with E-state index in [0.717, 1.165) is 50.3 Å². The van der Waals surface area contributed by atoms with Gasteiger partial charge in [-0.3, -0.25) is 14.8 Å². The summed E-state index contributed by atoms with van der Waals surface area (Å²) in [6.45, 7) is 4.22. The van der Waals surface area contributed by atoms with Gasteiger partial charge in [0.2, 0.25) is 0 Å². The summed E-state index contributed by atoms with van der Waals surface area (Å²) in [5.74, 6) is 0.842. The van der Waals surface area contributed by atoms with Gasteiger partial charge in [0.1, 0.15) is 5.82 Å². The van der Waals surface area contributed by atoms with E-state index in [1.54, 1.807) is 6.07 Å². The Hall–Kier alpha value is -2.77. The zero-order valence-corrected chi connectivity index (χ0v) is 15.6. The van der Waals surface area contributed by atoms with Crippen LogP contribution in [0, 0.1) is 0 Å². The largest absolute Gasteiger partial charge is 0.381 e. The second kappa shape index (κ2) is 7.33. The minimum Gasteiger partial charge on any atom is -0.381 e. The van der Waals surface area contributed by atoms with Crippen LogP contribution in [0.15, 0.2) is 41.3 Å². The first-order valence-electron chi connectivity index (χ1n) is 9.76. The Kier molecular flexibility index (Phi) is 4.54. The smallest absolute Gasteiger partial charge is 0.251 e. The van der Waals surface area contributed by atoms with E-state index in [4.69, 9.17) is 9.72 Å². The summed E-state index contributed by atoms with van der Waals surface area (Å²) in [5, 5.41) is 7.21. The van der Waals surface area contributed by atoms with Crippen LogP contribution in [0.2, 0.25) is 0 Å². The number of benzene rings is 1. The van der Waals surface area contributed by atoms with Crippen molar-refractivity contribution in [3.63, 3.8) is 0 Å². The summed E-state index contributed by atoms with van der Waals surface area (Å²) in [6.07, 6.45) is 3.86.